The Morgan fingerprint density at radius 3 is 2.52 bits per heavy atom. The van der Waals surface area contributed by atoms with Gasteiger partial charge in [-0.2, -0.15) is 5.10 Å². The minimum atomic E-state index is -0.792. The Kier molecular flexibility index (Phi) is 5.30. The Balaban J connectivity index is 1.83. The van der Waals surface area contributed by atoms with Crippen LogP contribution in [-0.2, 0) is 16.1 Å². The van der Waals surface area contributed by atoms with Crippen molar-refractivity contribution in [1.82, 2.24) is 20.1 Å². The van der Waals surface area contributed by atoms with E-state index in [9.17, 15) is 14.7 Å². The van der Waals surface area contributed by atoms with Gasteiger partial charge in [-0.1, -0.05) is 25.7 Å². The molecule has 0 atom stereocenters. The average Bonchev–Trinajstić information content (AvgIpc) is 2.87. The molecule has 0 saturated heterocycles. The molecule has 21 heavy (non-hydrogen) atoms. The SMILES string of the molecule is O=C(CCn1cncn1)NCC1(C(=O)O)CCCCCC1. The normalized spacial score (nSPS) is 17.9. The molecule has 0 aromatic carbocycles. The second kappa shape index (κ2) is 7.19. The Hall–Kier alpha value is -1.92. The van der Waals surface area contributed by atoms with Crippen LogP contribution in [0.3, 0.4) is 0 Å². The molecule has 1 heterocycles. The van der Waals surface area contributed by atoms with E-state index in [1.165, 1.54) is 6.33 Å². The van der Waals surface area contributed by atoms with E-state index in [0.29, 0.717) is 19.4 Å². The fraction of sp³-hybridized carbons (Fsp3) is 0.714. The van der Waals surface area contributed by atoms with Crippen molar-refractivity contribution in [2.24, 2.45) is 5.41 Å². The van der Waals surface area contributed by atoms with Gasteiger partial charge in [0.15, 0.2) is 0 Å². The van der Waals surface area contributed by atoms with Crippen molar-refractivity contribution in [2.75, 3.05) is 6.54 Å². The summed E-state index contributed by atoms with van der Waals surface area (Å²) in [5.41, 5.74) is -0.792. The van der Waals surface area contributed by atoms with Crippen LogP contribution < -0.4 is 5.32 Å². The molecule has 1 aromatic rings. The van der Waals surface area contributed by atoms with E-state index in [2.05, 4.69) is 15.4 Å². The standard InChI is InChI=1S/C14H22N4O3/c19-12(5-8-18-11-15-10-17-18)16-9-14(13(20)21)6-3-1-2-4-7-14/h10-11H,1-9H2,(H,16,19)(H,20,21). The molecule has 2 N–H and O–H groups in total. The van der Waals surface area contributed by atoms with Crippen LogP contribution in [0.25, 0.3) is 0 Å². The van der Waals surface area contributed by atoms with Crippen molar-refractivity contribution in [3.8, 4) is 0 Å². The molecule has 1 amide bonds. The lowest BCUT2D eigenvalue weighted by Gasteiger charge is -2.28. The highest BCUT2D eigenvalue weighted by Gasteiger charge is 2.38. The Morgan fingerprint density at radius 2 is 1.95 bits per heavy atom. The van der Waals surface area contributed by atoms with E-state index in [1.54, 1.807) is 11.0 Å². The summed E-state index contributed by atoms with van der Waals surface area (Å²) in [5.74, 6) is -0.934. The van der Waals surface area contributed by atoms with Crippen molar-refractivity contribution in [1.29, 1.82) is 0 Å². The molecular weight excluding hydrogens is 272 g/mol. The highest BCUT2D eigenvalue weighted by molar-refractivity contribution is 5.79. The number of aliphatic carboxylic acids is 1. The first-order valence-electron chi connectivity index (χ1n) is 7.45. The highest BCUT2D eigenvalue weighted by Crippen LogP contribution is 2.34. The lowest BCUT2D eigenvalue weighted by atomic mass is 9.80. The Labute approximate surface area is 123 Å². The fourth-order valence-corrected chi connectivity index (χ4v) is 2.79. The van der Waals surface area contributed by atoms with Gasteiger partial charge in [0.05, 0.1) is 12.0 Å². The van der Waals surface area contributed by atoms with Crippen LogP contribution in [-0.4, -0.2) is 38.3 Å². The first kappa shape index (κ1) is 15.5. The Morgan fingerprint density at radius 1 is 1.24 bits per heavy atom. The second-order valence-corrected chi connectivity index (χ2v) is 5.68. The quantitative estimate of drug-likeness (QED) is 0.769. The maximum absolute atomic E-state index is 11.9. The van der Waals surface area contributed by atoms with Crippen LogP contribution in [0.1, 0.15) is 44.9 Å². The molecule has 1 fully saturated rings. The molecule has 0 radical (unpaired) electrons. The summed E-state index contributed by atoms with van der Waals surface area (Å²) < 4.78 is 1.58. The number of aryl methyl sites for hydroxylation is 1. The number of carboxylic acid groups (broad SMARTS) is 1. The summed E-state index contributed by atoms with van der Waals surface area (Å²) in [7, 11) is 0. The predicted molar refractivity (Wildman–Crippen MR) is 75.4 cm³/mol. The summed E-state index contributed by atoms with van der Waals surface area (Å²) >= 11 is 0. The smallest absolute Gasteiger partial charge is 0.311 e. The second-order valence-electron chi connectivity index (χ2n) is 5.68. The maximum Gasteiger partial charge on any atom is 0.311 e. The molecule has 2 rings (SSSR count). The topological polar surface area (TPSA) is 97.1 Å². The number of hydrogen-bond acceptors (Lipinski definition) is 4. The number of nitrogens with one attached hydrogen (secondary N) is 1. The minimum Gasteiger partial charge on any atom is -0.481 e. The number of hydrogen-bond donors (Lipinski definition) is 2. The number of carbonyl (C=O) groups excluding carboxylic acids is 1. The van der Waals surface area contributed by atoms with Crippen molar-refractivity contribution >= 4 is 11.9 Å². The van der Waals surface area contributed by atoms with Gasteiger partial charge in [-0.05, 0) is 12.8 Å². The molecule has 1 saturated carbocycles. The van der Waals surface area contributed by atoms with Gasteiger partial charge in [0.25, 0.3) is 0 Å². The number of nitrogens with zero attached hydrogens (tertiary/aromatic N) is 3. The number of carbonyl (C=O) groups is 2. The monoisotopic (exact) mass is 294 g/mol. The van der Waals surface area contributed by atoms with Crippen LogP contribution in [0.4, 0.5) is 0 Å². The van der Waals surface area contributed by atoms with Gasteiger partial charge in [-0.15, -0.1) is 0 Å². The van der Waals surface area contributed by atoms with Crippen molar-refractivity contribution in [3.05, 3.63) is 12.7 Å². The van der Waals surface area contributed by atoms with Crippen molar-refractivity contribution in [3.63, 3.8) is 0 Å². The average molecular weight is 294 g/mol. The molecule has 0 spiro atoms. The number of carboxylic acids is 1. The fourth-order valence-electron chi connectivity index (χ4n) is 2.79. The third kappa shape index (κ3) is 4.27. The molecule has 0 aliphatic heterocycles. The van der Waals surface area contributed by atoms with E-state index in [0.717, 1.165) is 25.7 Å². The van der Waals surface area contributed by atoms with E-state index in [4.69, 9.17) is 0 Å². The summed E-state index contributed by atoms with van der Waals surface area (Å²) in [4.78, 5) is 27.3. The van der Waals surface area contributed by atoms with E-state index >= 15 is 0 Å². The summed E-state index contributed by atoms with van der Waals surface area (Å²) in [6.45, 7) is 0.671. The lowest BCUT2D eigenvalue weighted by molar-refractivity contribution is -0.149. The summed E-state index contributed by atoms with van der Waals surface area (Å²) in [5, 5.41) is 16.2. The van der Waals surface area contributed by atoms with Crippen LogP contribution in [0.5, 0.6) is 0 Å². The highest BCUT2D eigenvalue weighted by atomic mass is 16.4. The van der Waals surface area contributed by atoms with Crippen LogP contribution in [0.15, 0.2) is 12.7 Å². The van der Waals surface area contributed by atoms with Gasteiger partial charge in [-0.3, -0.25) is 14.3 Å². The summed E-state index contributed by atoms with van der Waals surface area (Å²) in [6, 6.07) is 0. The molecule has 1 aliphatic carbocycles. The molecular formula is C14H22N4O3. The summed E-state index contributed by atoms with van der Waals surface area (Å²) in [6.07, 6.45) is 8.53. The molecule has 1 aliphatic rings. The Bertz CT molecular complexity index is 465. The minimum absolute atomic E-state index is 0.143. The third-order valence-electron chi connectivity index (χ3n) is 4.17. The van der Waals surface area contributed by atoms with Gasteiger partial charge in [-0.25, -0.2) is 4.98 Å². The molecule has 116 valence electrons. The largest absolute Gasteiger partial charge is 0.481 e. The first-order chi connectivity index (χ1) is 10.1. The van der Waals surface area contributed by atoms with Crippen LogP contribution >= 0.6 is 0 Å². The number of amides is 1. The maximum atomic E-state index is 11.9. The zero-order valence-electron chi connectivity index (χ0n) is 12.1. The molecule has 1 aromatic heterocycles. The van der Waals surface area contributed by atoms with E-state index < -0.39 is 11.4 Å². The third-order valence-corrected chi connectivity index (χ3v) is 4.17. The predicted octanol–water partition coefficient (Wildman–Crippen LogP) is 1.21. The molecule has 7 nitrogen and oxygen atoms in total. The van der Waals surface area contributed by atoms with E-state index in [1.807, 2.05) is 0 Å². The van der Waals surface area contributed by atoms with Crippen molar-refractivity contribution < 1.29 is 14.7 Å². The molecule has 7 heteroatoms. The zero-order valence-corrected chi connectivity index (χ0v) is 12.1. The van der Waals surface area contributed by atoms with Gasteiger partial charge < -0.3 is 10.4 Å². The molecule has 0 unspecified atom stereocenters. The first-order valence-corrected chi connectivity index (χ1v) is 7.45. The van der Waals surface area contributed by atoms with Gasteiger partial charge in [0.2, 0.25) is 5.91 Å². The number of aromatic nitrogens is 3. The van der Waals surface area contributed by atoms with Gasteiger partial charge >= 0.3 is 5.97 Å². The number of rotatable bonds is 6. The van der Waals surface area contributed by atoms with Gasteiger partial charge in [0.1, 0.15) is 12.7 Å². The van der Waals surface area contributed by atoms with Crippen molar-refractivity contribution in [2.45, 2.75) is 51.5 Å². The van der Waals surface area contributed by atoms with E-state index in [-0.39, 0.29) is 18.9 Å². The van der Waals surface area contributed by atoms with Crippen LogP contribution in [0, 0.1) is 5.41 Å². The molecule has 0 bridgehead atoms. The zero-order chi connectivity index (χ0) is 15.1. The van der Waals surface area contributed by atoms with Gasteiger partial charge in [0, 0.05) is 13.0 Å². The lowest BCUT2D eigenvalue weighted by Crippen LogP contribution is -2.43. The van der Waals surface area contributed by atoms with Crippen LogP contribution in [0.2, 0.25) is 0 Å².